The minimum atomic E-state index is -3.87. The van der Waals surface area contributed by atoms with Crippen LogP contribution in [-0.4, -0.2) is 50.7 Å². The Bertz CT molecular complexity index is 819. The lowest BCUT2D eigenvalue weighted by Crippen LogP contribution is -2.41. The Balaban J connectivity index is 2.86. The molecule has 11 nitrogen and oxygen atoms in total. The van der Waals surface area contributed by atoms with Crippen molar-refractivity contribution in [2.24, 2.45) is 0 Å². The number of esters is 1. The molecule has 0 saturated carbocycles. The lowest BCUT2D eigenvalue weighted by molar-refractivity contribution is -0.387. The van der Waals surface area contributed by atoms with Crippen molar-refractivity contribution in [1.82, 2.24) is 10.6 Å². The third-order valence-electron chi connectivity index (χ3n) is 2.72. The van der Waals surface area contributed by atoms with Gasteiger partial charge in [0.2, 0.25) is 0 Å². The molecule has 1 aromatic rings. The van der Waals surface area contributed by atoms with Crippen molar-refractivity contribution < 1.29 is 32.5 Å². The Morgan fingerprint density at radius 3 is 2.44 bits per heavy atom. The first kappa shape index (κ1) is 20.0. The molecule has 0 spiro atoms. The van der Waals surface area contributed by atoms with Gasteiger partial charge in [-0.2, -0.15) is 0 Å². The van der Waals surface area contributed by atoms with Crippen molar-refractivity contribution in [2.75, 3.05) is 19.4 Å². The molecule has 0 unspecified atom stereocenters. The van der Waals surface area contributed by atoms with E-state index in [2.05, 4.69) is 10.1 Å². The number of imide groups is 1. The van der Waals surface area contributed by atoms with Crippen molar-refractivity contribution in [3.8, 4) is 0 Å². The number of benzene rings is 1. The van der Waals surface area contributed by atoms with Crippen LogP contribution < -0.4 is 10.6 Å². The van der Waals surface area contributed by atoms with Crippen molar-refractivity contribution in [2.45, 2.75) is 11.8 Å². The van der Waals surface area contributed by atoms with Gasteiger partial charge in [0.25, 0.3) is 11.6 Å². The predicted octanol–water partition coefficient (Wildman–Crippen LogP) is 0.000800. The number of ether oxygens (including phenoxy) is 1. The number of carbonyl (C=O) groups is 3. The second kappa shape index (κ2) is 8.19. The zero-order valence-electron chi connectivity index (χ0n) is 13.3. The van der Waals surface area contributed by atoms with Crippen LogP contribution in [0.25, 0.3) is 0 Å². The maximum absolute atomic E-state index is 11.8. The van der Waals surface area contributed by atoms with Crippen LogP contribution in [0.2, 0.25) is 0 Å². The maximum atomic E-state index is 11.8. The van der Waals surface area contributed by atoms with E-state index in [0.29, 0.717) is 0 Å². The van der Waals surface area contributed by atoms with Crippen molar-refractivity contribution in [1.29, 1.82) is 0 Å². The van der Waals surface area contributed by atoms with Gasteiger partial charge in [0, 0.05) is 18.9 Å². The summed E-state index contributed by atoms with van der Waals surface area (Å²) < 4.78 is 27.6. The van der Waals surface area contributed by atoms with Crippen molar-refractivity contribution >= 4 is 33.4 Å². The van der Waals surface area contributed by atoms with Crippen LogP contribution in [0.15, 0.2) is 23.1 Å². The summed E-state index contributed by atoms with van der Waals surface area (Å²) in [7, 11) is -3.87. The number of nitrogens with one attached hydrogen (secondary N) is 2. The molecule has 0 heterocycles. The molecule has 0 fully saturated rings. The molecule has 0 saturated heterocycles. The van der Waals surface area contributed by atoms with Gasteiger partial charge in [-0.05, 0) is 19.1 Å². The lowest BCUT2D eigenvalue weighted by atomic mass is 10.2. The molecular formula is C13H15N3O8S. The van der Waals surface area contributed by atoms with E-state index in [0.717, 1.165) is 24.5 Å². The fourth-order valence-corrected chi connectivity index (χ4v) is 2.51. The van der Waals surface area contributed by atoms with Gasteiger partial charge in [0.05, 0.1) is 10.5 Å². The van der Waals surface area contributed by atoms with Crippen molar-refractivity contribution in [3.63, 3.8) is 0 Å². The highest BCUT2D eigenvalue weighted by Gasteiger charge is 2.24. The number of hydrogen-bond donors (Lipinski definition) is 2. The zero-order chi connectivity index (χ0) is 19.2. The lowest BCUT2D eigenvalue weighted by Gasteiger charge is -2.07. The first-order valence-corrected chi connectivity index (χ1v) is 8.68. The number of carbonyl (C=O) groups excluding carboxylic acids is 3. The van der Waals surface area contributed by atoms with Crippen LogP contribution in [0.4, 0.5) is 10.5 Å². The predicted molar refractivity (Wildman–Crippen MR) is 83.7 cm³/mol. The quantitative estimate of drug-likeness (QED) is 0.400. The number of hydrogen-bond acceptors (Lipinski definition) is 8. The molecule has 12 heteroatoms. The molecule has 0 aliphatic rings. The Morgan fingerprint density at radius 1 is 1.28 bits per heavy atom. The second-order valence-corrected chi connectivity index (χ2v) is 6.68. The zero-order valence-corrected chi connectivity index (χ0v) is 14.1. The van der Waals surface area contributed by atoms with Gasteiger partial charge in [-0.25, -0.2) is 18.0 Å². The Morgan fingerprint density at radius 2 is 1.92 bits per heavy atom. The SMILES string of the molecule is CCNC(=O)NC(=O)COC(=O)c1ccc(S(C)(=O)=O)c([N+](=O)[O-])c1. The Kier molecular flexibility index (Phi) is 6.56. The maximum Gasteiger partial charge on any atom is 0.338 e. The monoisotopic (exact) mass is 373 g/mol. The van der Waals surface area contributed by atoms with Crippen LogP contribution in [0.3, 0.4) is 0 Å². The van der Waals surface area contributed by atoms with E-state index < -0.39 is 49.9 Å². The third kappa shape index (κ3) is 5.84. The molecule has 136 valence electrons. The standard InChI is InChI=1S/C13H15N3O8S/c1-3-14-13(19)15-11(17)7-24-12(18)8-4-5-10(25(2,22)23)9(6-8)16(20)21/h4-6H,3,7H2,1-2H3,(H2,14,15,17,19). The van der Waals surface area contributed by atoms with E-state index >= 15 is 0 Å². The first-order chi connectivity index (χ1) is 11.6. The highest BCUT2D eigenvalue weighted by Crippen LogP contribution is 2.25. The van der Waals surface area contributed by atoms with Gasteiger partial charge >= 0.3 is 12.0 Å². The van der Waals surface area contributed by atoms with E-state index in [4.69, 9.17) is 0 Å². The fourth-order valence-electron chi connectivity index (χ4n) is 1.68. The number of nitrogens with zero attached hydrogens (tertiary/aromatic N) is 1. The molecule has 0 aliphatic heterocycles. The van der Waals surface area contributed by atoms with Gasteiger partial charge in [-0.3, -0.25) is 20.2 Å². The summed E-state index contributed by atoms with van der Waals surface area (Å²) in [5.41, 5.74) is -1.10. The molecule has 25 heavy (non-hydrogen) atoms. The van der Waals surface area contributed by atoms with Gasteiger partial charge in [0.15, 0.2) is 16.4 Å². The topological polar surface area (TPSA) is 162 Å². The minimum absolute atomic E-state index is 0.287. The number of urea groups is 1. The number of sulfone groups is 1. The van der Waals surface area contributed by atoms with E-state index in [1.807, 2.05) is 5.32 Å². The number of nitro groups is 1. The molecule has 0 aromatic heterocycles. The molecule has 1 rings (SSSR count). The highest BCUT2D eigenvalue weighted by atomic mass is 32.2. The highest BCUT2D eigenvalue weighted by molar-refractivity contribution is 7.90. The van der Waals surface area contributed by atoms with E-state index in [1.165, 1.54) is 0 Å². The third-order valence-corrected chi connectivity index (χ3v) is 3.86. The van der Waals surface area contributed by atoms with E-state index in [9.17, 15) is 32.9 Å². The fraction of sp³-hybridized carbons (Fsp3) is 0.308. The summed E-state index contributed by atoms with van der Waals surface area (Å²) in [5, 5.41) is 15.2. The molecule has 0 aliphatic carbocycles. The van der Waals surface area contributed by atoms with Gasteiger partial charge in [0.1, 0.15) is 4.90 Å². The van der Waals surface area contributed by atoms with Crippen LogP contribution >= 0.6 is 0 Å². The first-order valence-electron chi connectivity index (χ1n) is 6.79. The van der Waals surface area contributed by atoms with Crippen molar-refractivity contribution in [3.05, 3.63) is 33.9 Å². The molecular weight excluding hydrogens is 358 g/mol. The number of nitro benzene ring substituents is 1. The molecule has 0 atom stereocenters. The Hall–Kier alpha value is -3.02. The average molecular weight is 373 g/mol. The average Bonchev–Trinajstić information content (AvgIpc) is 2.51. The van der Waals surface area contributed by atoms with Gasteiger partial charge in [-0.15, -0.1) is 0 Å². The second-order valence-electron chi connectivity index (χ2n) is 4.70. The van der Waals surface area contributed by atoms with Gasteiger partial charge < -0.3 is 10.1 Å². The summed E-state index contributed by atoms with van der Waals surface area (Å²) in [4.78, 5) is 43.8. The summed E-state index contributed by atoms with van der Waals surface area (Å²) in [6, 6.07) is 1.89. The van der Waals surface area contributed by atoms with E-state index in [1.54, 1.807) is 6.92 Å². The Labute approximate surface area is 142 Å². The summed E-state index contributed by atoms with van der Waals surface area (Å²) in [5.74, 6) is -1.99. The molecule has 2 N–H and O–H groups in total. The molecule has 0 radical (unpaired) electrons. The van der Waals surface area contributed by atoms with Crippen LogP contribution in [-0.2, 0) is 19.4 Å². The largest absolute Gasteiger partial charge is 0.452 e. The minimum Gasteiger partial charge on any atom is -0.452 e. The smallest absolute Gasteiger partial charge is 0.338 e. The summed E-state index contributed by atoms with van der Waals surface area (Å²) in [6.07, 6.45) is 0.791. The number of amides is 3. The van der Waals surface area contributed by atoms with Crippen LogP contribution in [0.1, 0.15) is 17.3 Å². The summed E-state index contributed by atoms with van der Waals surface area (Å²) in [6.45, 7) is 1.13. The van der Waals surface area contributed by atoms with Gasteiger partial charge in [-0.1, -0.05) is 0 Å². The van der Waals surface area contributed by atoms with E-state index in [-0.39, 0.29) is 12.1 Å². The number of rotatable bonds is 6. The molecule has 1 aromatic carbocycles. The van der Waals surface area contributed by atoms with Crippen LogP contribution in [0.5, 0.6) is 0 Å². The molecule has 0 bridgehead atoms. The normalized spacial score (nSPS) is 10.6. The molecule has 3 amide bonds. The van der Waals surface area contributed by atoms with Crippen LogP contribution in [0, 0.1) is 10.1 Å². The summed E-state index contributed by atoms with van der Waals surface area (Å²) >= 11 is 0.